The molecule has 1 fully saturated rings. The Morgan fingerprint density at radius 1 is 1.33 bits per heavy atom. The summed E-state index contributed by atoms with van der Waals surface area (Å²) in [5, 5.41) is 2.54. The highest BCUT2D eigenvalue weighted by molar-refractivity contribution is 5.96. The molecule has 0 saturated carbocycles. The van der Waals surface area contributed by atoms with Crippen molar-refractivity contribution < 1.29 is 14.4 Å². The fourth-order valence-electron chi connectivity index (χ4n) is 2.36. The van der Waals surface area contributed by atoms with Crippen molar-refractivity contribution in [3.8, 4) is 0 Å². The van der Waals surface area contributed by atoms with Crippen molar-refractivity contribution in [2.75, 3.05) is 18.4 Å². The first kappa shape index (κ1) is 15.0. The van der Waals surface area contributed by atoms with E-state index in [2.05, 4.69) is 10.3 Å². The minimum atomic E-state index is -0.307. The number of rotatable bonds is 3. The number of hydrogen-bond acceptors (Lipinski definition) is 4. The van der Waals surface area contributed by atoms with Crippen molar-refractivity contribution in [3.63, 3.8) is 0 Å². The molecule has 2 heterocycles. The fraction of sp³-hybridized carbons (Fsp3) is 0.429. The molecule has 0 aliphatic carbocycles. The molecule has 7 nitrogen and oxygen atoms in total. The lowest BCUT2D eigenvalue weighted by atomic mass is 9.96. The van der Waals surface area contributed by atoms with Crippen LogP contribution < -0.4 is 11.1 Å². The predicted octanol–water partition coefficient (Wildman–Crippen LogP) is 0.377. The summed E-state index contributed by atoms with van der Waals surface area (Å²) in [5.41, 5.74) is 5.74. The maximum atomic E-state index is 12.4. The van der Waals surface area contributed by atoms with Crippen LogP contribution >= 0.6 is 0 Å². The minimum Gasteiger partial charge on any atom is -0.369 e. The van der Waals surface area contributed by atoms with Crippen LogP contribution in [0.5, 0.6) is 0 Å². The molecule has 1 aromatic heterocycles. The van der Waals surface area contributed by atoms with Gasteiger partial charge in [-0.2, -0.15) is 0 Å². The molecule has 1 aromatic rings. The number of likely N-dealkylation sites (tertiary alicyclic amines) is 1. The van der Waals surface area contributed by atoms with Gasteiger partial charge in [0.15, 0.2) is 0 Å². The number of carbonyl (C=O) groups is 3. The average molecular weight is 290 g/mol. The van der Waals surface area contributed by atoms with E-state index in [0.29, 0.717) is 37.3 Å². The quantitative estimate of drug-likeness (QED) is 0.839. The second-order valence-electron chi connectivity index (χ2n) is 5.08. The number of nitrogens with two attached hydrogens (primary N) is 1. The molecule has 3 amide bonds. The molecule has 0 radical (unpaired) electrons. The Morgan fingerprint density at radius 3 is 2.57 bits per heavy atom. The molecule has 1 aliphatic heterocycles. The first-order valence-corrected chi connectivity index (χ1v) is 6.79. The van der Waals surface area contributed by atoms with Gasteiger partial charge in [0.2, 0.25) is 11.8 Å². The van der Waals surface area contributed by atoms with Gasteiger partial charge >= 0.3 is 0 Å². The van der Waals surface area contributed by atoms with E-state index in [1.807, 2.05) is 0 Å². The molecule has 0 bridgehead atoms. The lowest BCUT2D eigenvalue weighted by molar-refractivity contribution is -0.123. The van der Waals surface area contributed by atoms with Gasteiger partial charge in [-0.15, -0.1) is 0 Å². The third-order valence-electron chi connectivity index (χ3n) is 3.50. The molecule has 3 N–H and O–H groups in total. The second-order valence-corrected chi connectivity index (χ2v) is 5.08. The van der Waals surface area contributed by atoms with Crippen molar-refractivity contribution in [2.45, 2.75) is 19.8 Å². The summed E-state index contributed by atoms with van der Waals surface area (Å²) in [4.78, 5) is 40.2. The second kappa shape index (κ2) is 6.34. The zero-order valence-corrected chi connectivity index (χ0v) is 11.8. The maximum absolute atomic E-state index is 12.4. The third kappa shape index (κ3) is 3.77. The summed E-state index contributed by atoms with van der Waals surface area (Å²) < 4.78 is 0. The Hall–Kier alpha value is -2.44. The number of aromatic nitrogens is 1. The molecule has 1 saturated heterocycles. The molecule has 0 atom stereocenters. The van der Waals surface area contributed by atoms with Crippen molar-refractivity contribution in [1.82, 2.24) is 9.88 Å². The minimum absolute atomic E-state index is 0.132. The summed E-state index contributed by atoms with van der Waals surface area (Å²) in [6.45, 7) is 2.39. The van der Waals surface area contributed by atoms with E-state index in [0.717, 1.165) is 0 Å². The zero-order valence-electron chi connectivity index (χ0n) is 11.8. The molecule has 0 spiro atoms. The van der Waals surface area contributed by atoms with Gasteiger partial charge in [-0.25, -0.2) is 4.98 Å². The summed E-state index contributed by atoms with van der Waals surface area (Å²) in [6.07, 6.45) is 2.66. The SMILES string of the molecule is CC(=O)Nc1cc(C(=O)N2CCC(C(N)=O)CC2)ccn1. The highest BCUT2D eigenvalue weighted by atomic mass is 16.2. The van der Waals surface area contributed by atoms with Crippen molar-refractivity contribution in [1.29, 1.82) is 0 Å². The number of piperidine rings is 1. The van der Waals surface area contributed by atoms with Crippen molar-refractivity contribution in [3.05, 3.63) is 23.9 Å². The fourth-order valence-corrected chi connectivity index (χ4v) is 2.36. The van der Waals surface area contributed by atoms with Crippen LogP contribution in [0.4, 0.5) is 5.82 Å². The van der Waals surface area contributed by atoms with Gasteiger partial charge in [-0.3, -0.25) is 14.4 Å². The topological polar surface area (TPSA) is 105 Å². The lowest BCUT2D eigenvalue weighted by Crippen LogP contribution is -2.41. The van der Waals surface area contributed by atoms with Gasteiger partial charge in [0, 0.05) is 37.7 Å². The van der Waals surface area contributed by atoms with E-state index in [4.69, 9.17) is 5.73 Å². The maximum Gasteiger partial charge on any atom is 0.254 e. The summed E-state index contributed by atoms with van der Waals surface area (Å²) in [7, 11) is 0. The smallest absolute Gasteiger partial charge is 0.254 e. The molecule has 0 unspecified atom stereocenters. The predicted molar refractivity (Wildman–Crippen MR) is 76.4 cm³/mol. The number of carbonyl (C=O) groups excluding carboxylic acids is 3. The number of pyridine rings is 1. The molecule has 1 aliphatic rings. The summed E-state index contributed by atoms with van der Waals surface area (Å²) in [5.74, 6) is -0.484. The van der Waals surface area contributed by atoms with Crippen LogP contribution in [-0.2, 0) is 9.59 Å². The first-order chi connectivity index (χ1) is 9.97. The monoisotopic (exact) mass is 290 g/mol. The normalized spacial score (nSPS) is 15.6. The standard InChI is InChI=1S/C14H18N4O3/c1-9(19)17-12-8-11(2-5-16-12)14(21)18-6-3-10(4-7-18)13(15)20/h2,5,8,10H,3-4,6-7H2,1H3,(H2,15,20)(H,16,17,19). The van der Waals surface area contributed by atoms with Crippen LogP contribution in [0.3, 0.4) is 0 Å². The number of nitrogens with one attached hydrogen (secondary N) is 1. The van der Waals surface area contributed by atoms with E-state index in [1.54, 1.807) is 17.0 Å². The molecule has 2 rings (SSSR count). The number of primary amides is 1. The number of amides is 3. The molecule has 0 aromatic carbocycles. The van der Waals surface area contributed by atoms with Gasteiger partial charge in [-0.1, -0.05) is 0 Å². The molecule has 7 heteroatoms. The molecule has 112 valence electrons. The highest BCUT2D eigenvalue weighted by Gasteiger charge is 2.26. The van der Waals surface area contributed by atoms with Gasteiger partial charge in [-0.05, 0) is 25.0 Å². The van der Waals surface area contributed by atoms with Crippen molar-refractivity contribution in [2.24, 2.45) is 11.7 Å². The molecule has 21 heavy (non-hydrogen) atoms. The molecular formula is C14H18N4O3. The zero-order chi connectivity index (χ0) is 15.4. The Kier molecular flexibility index (Phi) is 4.52. The van der Waals surface area contributed by atoms with Gasteiger partial charge in [0.1, 0.15) is 5.82 Å². The largest absolute Gasteiger partial charge is 0.369 e. The van der Waals surface area contributed by atoms with Crippen LogP contribution in [0, 0.1) is 5.92 Å². The van der Waals surface area contributed by atoms with E-state index in [9.17, 15) is 14.4 Å². The summed E-state index contributed by atoms with van der Waals surface area (Å²) >= 11 is 0. The van der Waals surface area contributed by atoms with Crippen LogP contribution in [0.1, 0.15) is 30.1 Å². The van der Waals surface area contributed by atoms with Crippen LogP contribution in [0.15, 0.2) is 18.3 Å². The van der Waals surface area contributed by atoms with Crippen molar-refractivity contribution >= 4 is 23.5 Å². The van der Waals surface area contributed by atoms with Gasteiger partial charge in [0.25, 0.3) is 5.91 Å². The Bertz CT molecular complexity index is 565. The van der Waals surface area contributed by atoms with Crippen LogP contribution in [0.25, 0.3) is 0 Å². The Labute approximate surface area is 122 Å². The van der Waals surface area contributed by atoms with Gasteiger partial charge in [0.05, 0.1) is 0 Å². The number of anilines is 1. The van der Waals surface area contributed by atoms with E-state index >= 15 is 0 Å². The van der Waals surface area contributed by atoms with Crippen LogP contribution in [0.2, 0.25) is 0 Å². The van der Waals surface area contributed by atoms with E-state index < -0.39 is 0 Å². The highest BCUT2D eigenvalue weighted by Crippen LogP contribution is 2.19. The Morgan fingerprint density at radius 2 is 2.00 bits per heavy atom. The molecular weight excluding hydrogens is 272 g/mol. The number of hydrogen-bond donors (Lipinski definition) is 2. The van der Waals surface area contributed by atoms with Crippen LogP contribution in [-0.4, -0.2) is 40.7 Å². The van der Waals surface area contributed by atoms with Gasteiger partial charge < -0.3 is 16.0 Å². The third-order valence-corrected chi connectivity index (χ3v) is 3.50. The van der Waals surface area contributed by atoms with E-state index in [1.165, 1.54) is 13.1 Å². The lowest BCUT2D eigenvalue weighted by Gasteiger charge is -2.30. The summed E-state index contributed by atoms with van der Waals surface area (Å²) in [6, 6.07) is 3.15. The average Bonchev–Trinajstić information content (AvgIpc) is 2.46. The number of nitrogens with zero attached hydrogens (tertiary/aromatic N) is 2. The Balaban J connectivity index is 2.04. The first-order valence-electron chi connectivity index (χ1n) is 6.79. The van der Waals surface area contributed by atoms with E-state index in [-0.39, 0.29) is 23.6 Å².